The van der Waals surface area contributed by atoms with Crippen molar-refractivity contribution in [3.8, 4) is 0 Å². The summed E-state index contributed by atoms with van der Waals surface area (Å²) in [6.45, 7) is 3.83. The van der Waals surface area contributed by atoms with Gasteiger partial charge in [-0.3, -0.25) is 0 Å². The van der Waals surface area contributed by atoms with E-state index < -0.39 is 0 Å². The van der Waals surface area contributed by atoms with Crippen molar-refractivity contribution in [1.82, 2.24) is 14.6 Å². The molecule has 2 unspecified atom stereocenters. The Hall–Kier alpha value is -1.69. The fourth-order valence-electron chi connectivity index (χ4n) is 2.33. The number of nitrogens with two attached hydrogens (primary N) is 1. The van der Waals surface area contributed by atoms with Gasteiger partial charge in [-0.25, -0.2) is 8.91 Å². The third-order valence-corrected chi connectivity index (χ3v) is 3.54. The SMILES string of the molecule is CC1CN(c2nc3ccc(F)cn3n2)CCC1N. The number of hydrogen-bond donors (Lipinski definition) is 1. The third kappa shape index (κ3) is 1.92. The molecule has 2 aromatic rings. The maximum Gasteiger partial charge on any atom is 0.245 e. The van der Waals surface area contributed by atoms with Crippen molar-refractivity contribution in [1.29, 1.82) is 0 Å². The summed E-state index contributed by atoms with van der Waals surface area (Å²) in [5.41, 5.74) is 6.65. The second-order valence-corrected chi connectivity index (χ2v) is 4.94. The molecule has 0 radical (unpaired) electrons. The average molecular weight is 249 g/mol. The number of halogens is 1. The van der Waals surface area contributed by atoms with Gasteiger partial charge in [-0.1, -0.05) is 6.92 Å². The smallest absolute Gasteiger partial charge is 0.245 e. The van der Waals surface area contributed by atoms with E-state index in [1.807, 2.05) is 0 Å². The molecular formula is C12H16FN5. The summed E-state index contributed by atoms with van der Waals surface area (Å²) in [7, 11) is 0. The van der Waals surface area contributed by atoms with Crippen LogP contribution in [0.3, 0.4) is 0 Å². The molecule has 2 aromatic heterocycles. The summed E-state index contributed by atoms with van der Waals surface area (Å²) >= 11 is 0. The highest BCUT2D eigenvalue weighted by molar-refractivity contribution is 5.44. The summed E-state index contributed by atoms with van der Waals surface area (Å²) in [6, 6.07) is 3.27. The highest BCUT2D eigenvalue weighted by Crippen LogP contribution is 2.20. The van der Waals surface area contributed by atoms with Gasteiger partial charge in [-0.05, 0) is 24.5 Å². The van der Waals surface area contributed by atoms with Gasteiger partial charge in [0.25, 0.3) is 0 Å². The number of pyridine rings is 1. The Morgan fingerprint density at radius 1 is 1.44 bits per heavy atom. The number of nitrogens with zero attached hydrogens (tertiary/aromatic N) is 4. The first-order chi connectivity index (χ1) is 8.63. The minimum atomic E-state index is -0.312. The van der Waals surface area contributed by atoms with Crippen molar-refractivity contribution in [2.45, 2.75) is 19.4 Å². The maximum absolute atomic E-state index is 13.1. The molecule has 1 aliphatic heterocycles. The molecule has 0 spiro atoms. The Kier molecular flexibility index (Phi) is 2.66. The van der Waals surface area contributed by atoms with Gasteiger partial charge in [0.1, 0.15) is 5.82 Å². The average Bonchev–Trinajstić information content (AvgIpc) is 2.75. The van der Waals surface area contributed by atoms with E-state index in [1.165, 1.54) is 16.8 Å². The fourth-order valence-corrected chi connectivity index (χ4v) is 2.33. The van der Waals surface area contributed by atoms with Gasteiger partial charge in [-0.2, -0.15) is 4.98 Å². The van der Waals surface area contributed by atoms with Gasteiger partial charge >= 0.3 is 0 Å². The Morgan fingerprint density at radius 3 is 3.06 bits per heavy atom. The van der Waals surface area contributed by atoms with Gasteiger partial charge < -0.3 is 10.6 Å². The zero-order valence-corrected chi connectivity index (χ0v) is 10.3. The summed E-state index contributed by atoms with van der Waals surface area (Å²) < 4.78 is 14.6. The van der Waals surface area contributed by atoms with Crippen LogP contribution in [0.4, 0.5) is 10.3 Å². The lowest BCUT2D eigenvalue weighted by Crippen LogP contribution is -2.46. The predicted molar refractivity (Wildman–Crippen MR) is 66.9 cm³/mol. The van der Waals surface area contributed by atoms with Crippen LogP contribution in [0.2, 0.25) is 0 Å². The second kappa shape index (κ2) is 4.20. The first-order valence-corrected chi connectivity index (χ1v) is 6.16. The molecule has 3 rings (SSSR count). The molecule has 2 atom stereocenters. The normalized spacial score (nSPS) is 24.7. The predicted octanol–water partition coefficient (Wildman–Crippen LogP) is 1.04. The number of piperidine rings is 1. The number of aromatic nitrogens is 3. The largest absolute Gasteiger partial charge is 0.339 e. The second-order valence-electron chi connectivity index (χ2n) is 4.94. The van der Waals surface area contributed by atoms with Crippen molar-refractivity contribution < 1.29 is 4.39 Å². The van der Waals surface area contributed by atoms with Crippen molar-refractivity contribution in [2.24, 2.45) is 11.7 Å². The van der Waals surface area contributed by atoms with Gasteiger partial charge in [0, 0.05) is 19.1 Å². The van der Waals surface area contributed by atoms with E-state index in [4.69, 9.17) is 5.73 Å². The number of hydrogen-bond acceptors (Lipinski definition) is 4. The van der Waals surface area contributed by atoms with Crippen molar-refractivity contribution in [3.63, 3.8) is 0 Å². The molecule has 0 bridgehead atoms. The summed E-state index contributed by atoms with van der Waals surface area (Å²) in [4.78, 5) is 6.52. The summed E-state index contributed by atoms with van der Waals surface area (Å²) in [6.07, 6.45) is 2.27. The molecular weight excluding hydrogens is 233 g/mol. The third-order valence-electron chi connectivity index (χ3n) is 3.54. The topological polar surface area (TPSA) is 59.5 Å². The van der Waals surface area contributed by atoms with E-state index >= 15 is 0 Å². The molecule has 0 aromatic carbocycles. The number of rotatable bonds is 1. The van der Waals surface area contributed by atoms with Crippen LogP contribution in [0, 0.1) is 11.7 Å². The Bertz CT molecular complexity index is 567. The monoisotopic (exact) mass is 249 g/mol. The highest BCUT2D eigenvalue weighted by Gasteiger charge is 2.25. The van der Waals surface area contributed by atoms with Crippen LogP contribution in [0.15, 0.2) is 18.3 Å². The fraction of sp³-hybridized carbons (Fsp3) is 0.500. The van der Waals surface area contributed by atoms with Crippen LogP contribution >= 0.6 is 0 Å². The number of fused-ring (bicyclic) bond motifs is 1. The molecule has 0 saturated carbocycles. The first-order valence-electron chi connectivity index (χ1n) is 6.16. The quantitative estimate of drug-likeness (QED) is 0.820. The van der Waals surface area contributed by atoms with Gasteiger partial charge in [0.2, 0.25) is 5.95 Å². The standard InChI is InChI=1S/C12H16FN5/c1-8-6-17(5-4-10(8)14)12-15-11-3-2-9(13)7-18(11)16-12/h2-3,7-8,10H,4-6,14H2,1H3. The van der Waals surface area contributed by atoms with E-state index in [9.17, 15) is 4.39 Å². The van der Waals surface area contributed by atoms with Gasteiger partial charge in [-0.15, -0.1) is 5.10 Å². The molecule has 1 saturated heterocycles. The van der Waals surface area contributed by atoms with Crippen molar-refractivity contribution in [2.75, 3.05) is 18.0 Å². The van der Waals surface area contributed by atoms with E-state index in [0.717, 1.165) is 19.5 Å². The molecule has 6 heteroatoms. The van der Waals surface area contributed by atoms with E-state index in [1.54, 1.807) is 6.07 Å². The van der Waals surface area contributed by atoms with Crippen LogP contribution in [0.5, 0.6) is 0 Å². The summed E-state index contributed by atoms with van der Waals surface area (Å²) in [5, 5.41) is 4.31. The van der Waals surface area contributed by atoms with Gasteiger partial charge in [0.05, 0.1) is 6.20 Å². The Morgan fingerprint density at radius 2 is 2.28 bits per heavy atom. The molecule has 1 aliphatic rings. The Balaban J connectivity index is 1.90. The first kappa shape index (κ1) is 11.4. The Labute approximate surface area is 104 Å². The molecule has 2 N–H and O–H groups in total. The molecule has 0 amide bonds. The maximum atomic E-state index is 13.1. The van der Waals surface area contributed by atoms with Crippen LogP contribution in [0.25, 0.3) is 5.65 Å². The molecule has 0 aliphatic carbocycles. The molecule has 96 valence electrons. The molecule has 1 fully saturated rings. The van der Waals surface area contributed by atoms with Crippen LogP contribution < -0.4 is 10.6 Å². The van der Waals surface area contributed by atoms with E-state index in [-0.39, 0.29) is 11.9 Å². The lowest BCUT2D eigenvalue weighted by atomic mass is 9.95. The van der Waals surface area contributed by atoms with Crippen LogP contribution in [-0.4, -0.2) is 33.7 Å². The zero-order chi connectivity index (χ0) is 12.7. The molecule has 3 heterocycles. The lowest BCUT2D eigenvalue weighted by Gasteiger charge is -2.34. The van der Waals surface area contributed by atoms with E-state index in [0.29, 0.717) is 17.5 Å². The van der Waals surface area contributed by atoms with Crippen LogP contribution in [-0.2, 0) is 0 Å². The number of anilines is 1. The van der Waals surface area contributed by atoms with Crippen molar-refractivity contribution >= 4 is 11.6 Å². The highest BCUT2D eigenvalue weighted by atomic mass is 19.1. The molecule has 5 nitrogen and oxygen atoms in total. The molecule has 18 heavy (non-hydrogen) atoms. The zero-order valence-electron chi connectivity index (χ0n) is 10.3. The van der Waals surface area contributed by atoms with Crippen LogP contribution in [0.1, 0.15) is 13.3 Å². The van der Waals surface area contributed by atoms with Crippen molar-refractivity contribution in [3.05, 3.63) is 24.1 Å². The van der Waals surface area contributed by atoms with E-state index in [2.05, 4.69) is 21.9 Å². The lowest BCUT2D eigenvalue weighted by molar-refractivity contribution is 0.380. The minimum absolute atomic E-state index is 0.246. The summed E-state index contributed by atoms with van der Waals surface area (Å²) in [5.74, 6) is 0.759. The van der Waals surface area contributed by atoms with Gasteiger partial charge in [0.15, 0.2) is 5.65 Å². The minimum Gasteiger partial charge on any atom is -0.339 e.